The van der Waals surface area contributed by atoms with Crippen molar-refractivity contribution in [2.75, 3.05) is 4.90 Å². The van der Waals surface area contributed by atoms with Crippen LogP contribution in [-0.4, -0.2) is 18.3 Å². The third kappa shape index (κ3) is 5.79. The number of nitrogens with zero attached hydrogens (tertiary/aromatic N) is 2. The summed E-state index contributed by atoms with van der Waals surface area (Å²) in [5.41, 5.74) is 5.22. The molecular formula is C31H36GeN2. The average molecular weight is 511 g/mol. The van der Waals surface area contributed by atoms with E-state index in [1.54, 1.807) is 0 Å². The summed E-state index contributed by atoms with van der Waals surface area (Å²) in [4.78, 5) is 7.11. The molecule has 2 nitrogen and oxygen atoms in total. The van der Waals surface area contributed by atoms with Gasteiger partial charge in [0.15, 0.2) is 0 Å². The van der Waals surface area contributed by atoms with E-state index in [4.69, 9.17) is 7.73 Å². The van der Waals surface area contributed by atoms with Crippen molar-refractivity contribution in [1.82, 2.24) is 4.98 Å². The van der Waals surface area contributed by atoms with Crippen LogP contribution in [0.4, 0.5) is 17.1 Å². The molecule has 0 N–H and O–H groups in total. The van der Waals surface area contributed by atoms with Crippen LogP contribution in [0.2, 0.25) is 17.3 Å². The van der Waals surface area contributed by atoms with Crippen molar-refractivity contribution < 1.29 is 2.74 Å². The van der Waals surface area contributed by atoms with Crippen molar-refractivity contribution in [1.29, 1.82) is 0 Å². The van der Waals surface area contributed by atoms with Crippen molar-refractivity contribution in [3.05, 3.63) is 103 Å². The molecule has 3 heteroatoms. The number of benzene rings is 3. The molecule has 0 radical (unpaired) electrons. The van der Waals surface area contributed by atoms with Gasteiger partial charge >= 0.3 is 211 Å². The number of hydrogen-bond acceptors (Lipinski definition) is 2. The molecule has 0 aliphatic carbocycles. The Morgan fingerprint density at radius 1 is 0.765 bits per heavy atom. The quantitative estimate of drug-likeness (QED) is 0.242. The van der Waals surface area contributed by atoms with E-state index >= 15 is 0 Å². The fourth-order valence-electron chi connectivity index (χ4n) is 4.12. The molecule has 0 saturated carbocycles. The zero-order valence-corrected chi connectivity index (χ0v) is 23.2. The third-order valence-corrected chi connectivity index (χ3v) is 9.88. The predicted octanol–water partition coefficient (Wildman–Crippen LogP) is 8.35. The first kappa shape index (κ1) is 21.7. The van der Waals surface area contributed by atoms with Crippen molar-refractivity contribution in [2.45, 2.75) is 44.4 Å². The zero-order valence-electron chi connectivity index (χ0n) is 23.1. The first-order valence-corrected chi connectivity index (χ1v) is 19.3. The van der Waals surface area contributed by atoms with Gasteiger partial charge < -0.3 is 0 Å². The van der Waals surface area contributed by atoms with Gasteiger partial charge in [-0.3, -0.25) is 0 Å². The molecule has 0 saturated heterocycles. The summed E-state index contributed by atoms with van der Waals surface area (Å²) in [5.74, 6) is 6.91. The number of rotatable bonds is 6. The summed E-state index contributed by atoms with van der Waals surface area (Å²) in [6, 6.07) is 31.1. The Kier molecular flexibility index (Phi) is 6.24. The number of para-hydroxylation sites is 2. The Bertz CT molecular complexity index is 1280. The molecule has 4 aromatic rings. The van der Waals surface area contributed by atoms with E-state index in [2.05, 4.69) is 70.7 Å². The van der Waals surface area contributed by atoms with Gasteiger partial charge in [-0.25, -0.2) is 0 Å². The van der Waals surface area contributed by atoms with Gasteiger partial charge in [-0.2, -0.15) is 0 Å². The normalized spacial score (nSPS) is 13.2. The monoisotopic (exact) mass is 512 g/mol. The summed E-state index contributed by atoms with van der Waals surface area (Å²) in [6.07, 6.45) is 0.476. The number of pyridine rings is 1. The summed E-state index contributed by atoms with van der Waals surface area (Å²) in [5, 5.41) is 0. The number of anilines is 3. The van der Waals surface area contributed by atoms with Crippen LogP contribution in [0, 0.1) is 5.41 Å². The second-order valence-corrected chi connectivity index (χ2v) is 21.4. The van der Waals surface area contributed by atoms with Crippen molar-refractivity contribution in [3.8, 4) is 11.3 Å². The van der Waals surface area contributed by atoms with Crippen LogP contribution in [0.25, 0.3) is 11.3 Å². The van der Waals surface area contributed by atoms with Crippen LogP contribution in [0.1, 0.15) is 29.1 Å². The molecule has 0 unspecified atom stereocenters. The number of hydrogen-bond donors (Lipinski definition) is 0. The minimum absolute atomic E-state index is 0.535. The Balaban J connectivity index is 1.87. The maximum atomic E-state index is 9.09. The van der Waals surface area contributed by atoms with Gasteiger partial charge in [0.2, 0.25) is 0 Å². The van der Waals surface area contributed by atoms with Gasteiger partial charge in [0.05, 0.1) is 0 Å². The van der Waals surface area contributed by atoms with E-state index in [0.717, 1.165) is 38.3 Å². The second-order valence-electron chi connectivity index (χ2n) is 10.8. The molecule has 1 heterocycles. The van der Waals surface area contributed by atoms with Crippen LogP contribution < -0.4 is 9.30 Å². The molecular weight excluding hydrogens is 473 g/mol. The summed E-state index contributed by atoms with van der Waals surface area (Å²) >= 11 is -2.38. The second kappa shape index (κ2) is 9.79. The first-order valence-electron chi connectivity index (χ1n) is 12.9. The summed E-state index contributed by atoms with van der Waals surface area (Å²) in [7, 11) is 0. The third-order valence-electron chi connectivity index (χ3n) is 5.65. The molecule has 0 spiro atoms. The first-order chi connectivity index (χ1) is 16.9. The van der Waals surface area contributed by atoms with Gasteiger partial charge in [0.25, 0.3) is 0 Å². The average Bonchev–Trinajstić information content (AvgIpc) is 2.84. The molecule has 0 bridgehead atoms. The minimum atomic E-state index is -2.38. The zero-order chi connectivity index (χ0) is 26.1. The van der Waals surface area contributed by atoms with Crippen molar-refractivity contribution in [2.24, 2.45) is 5.41 Å². The molecule has 3 aromatic carbocycles. The molecule has 4 rings (SSSR count). The number of aromatic nitrogens is 1. The fraction of sp³-hybridized carbons (Fsp3) is 0.258. The van der Waals surface area contributed by atoms with E-state index in [9.17, 15) is 0 Å². The Hall–Kier alpha value is -2.85. The van der Waals surface area contributed by atoms with Crippen LogP contribution in [-0.2, 0) is 6.37 Å². The summed E-state index contributed by atoms with van der Waals surface area (Å²) < 4.78 is 19.3. The molecule has 0 amide bonds. The van der Waals surface area contributed by atoms with E-state index in [1.807, 2.05) is 69.4 Å². The molecule has 1 aromatic heterocycles. The Labute approximate surface area is 210 Å². The predicted molar refractivity (Wildman–Crippen MR) is 150 cm³/mol. The van der Waals surface area contributed by atoms with E-state index in [1.165, 1.54) is 0 Å². The van der Waals surface area contributed by atoms with Crippen LogP contribution >= 0.6 is 0 Å². The summed E-state index contributed by atoms with van der Waals surface area (Å²) in [6.45, 7) is 5.93. The SMILES string of the molecule is [2H]C([2H])(c1cc(-c2cccc(N(c3ccccc3)c3ccccc3)c2)nc[c]1[Ge]([CH3])([CH3])[CH3])C(C)(C)C. The van der Waals surface area contributed by atoms with Crippen LogP contribution in [0.15, 0.2) is 97.2 Å². The van der Waals surface area contributed by atoms with E-state index in [0.29, 0.717) is 0 Å². The molecule has 0 fully saturated rings. The topological polar surface area (TPSA) is 16.1 Å². The molecule has 174 valence electrons. The van der Waals surface area contributed by atoms with Gasteiger partial charge in [-0.15, -0.1) is 0 Å². The molecule has 0 atom stereocenters. The van der Waals surface area contributed by atoms with E-state index in [-0.39, 0.29) is 0 Å². The molecule has 34 heavy (non-hydrogen) atoms. The molecule has 0 aliphatic heterocycles. The standard InChI is InChI=1S/C31H36GeN2/c1-31(2,3)22-25-21-30(33-23-29(25)32(4,5)6)24-14-13-19-28(20-24)34(26-15-9-7-10-16-26)27-17-11-8-12-18-27/h7-21,23H,22H2,1-6H3/i22D2. The Morgan fingerprint density at radius 3 is 1.85 bits per heavy atom. The van der Waals surface area contributed by atoms with Crippen molar-refractivity contribution in [3.63, 3.8) is 0 Å². The van der Waals surface area contributed by atoms with E-state index < -0.39 is 25.1 Å². The van der Waals surface area contributed by atoms with Gasteiger partial charge in [0, 0.05) is 0 Å². The van der Waals surface area contributed by atoms with Crippen LogP contribution in [0.3, 0.4) is 0 Å². The Morgan fingerprint density at radius 2 is 1.32 bits per heavy atom. The van der Waals surface area contributed by atoms with Crippen LogP contribution in [0.5, 0.6) is 0 Å². The molecule has 0 aliphatic rings. The maximum absolute atomic E-state index is 9.09. The van der Waals surface area contributed by atoms with Gasteiger partial charge in [0.1, 0.15) is 0 Å². The van der Waals surface area contributed by atoms with Gasteiger partial charge in [-0.05, 0) is 0 Å². The van der Waals surface area contributed by atoms with Gasteiger partial charge in [-0.1, -0.05) is 0 Å². The fourth-order valence-corrected chi connectivity index (χ4v) is 7.05. The van der Waals surface area contributed by atoms with Crippen molar-refractivity contribution >= 4 is 34.7 Å².